The summed E-state index contributed by atoms with van der Waals surface area (Å²) in [6.45, 7) is 4.19. The summed E-state index contributed by atoms with van der Waals surface area (Å²) < 4.78 is 5.13. The number of rotatable bonds is 7. The van der Waals surface area contributed by atoms with Crippen LogP contribution in [0.1, 0.15) is 18.1 Å². The first-order valence-corrected chi connectivity index (χ1v) is 5.81. The van der Waals surface area contributed by atoms with Gasteiger partial charge in [0, 0.05) is 20.2 Å². The largest absolute Gasteiger partial charge is 0.380 e. The number of amides is 1. The van der Waals surface area contributed by atoms with E-state index in [1.54, 1.807) is 7.11 Å². The van der Waals surface area contributed by atoms with Crippen molar-refractivity contribution in [3.8, 4) is 0 Å². The number of carbonyl (C=O) groups is 1. The Morgan fingerprint density at radius 2 is 2.00 bits per heavy atom. The fourth-order valence-electron chi connectivity index (χ4n) is 1.60. The lowest BCUT2D eigenvalue weighted by Crippen LogP contribution is -2.33. The smallest absolute Gasteiger partial charge is 0.233 e. The highest BCUT2D eigenvalue weighted by Crippen LogP contribution is 2.09. The van der Waals surface area contributed by atoms with Crippen molar-refractivity contribution < 1.29 is 9.53 Å². The van der Waals surface area contributed by atoms with Gasteiger partial charge in [-0.3, -0.25) is 4.79 Å². The number of nitrogens with one attached hydrogen (secondary N) is 2. The number of benzene rings is 1. The molecule has 0 aliphatic rings. The Bertz CT molecular complexity index is 353. The Morgan fingerprint density at radius 1 is 1.29 bits per heavy atom. The average molecular weight is 236 g/mol. The monoisotopic (exact) mass is 236 g/mol. The van der Waals surface area contributed by atoms with Crippen LogP contribution in [0, 0.1) is 0 Å². The molecule has 0 radical (unpaired) electrons. The van der Waals surface area contributed by atoms with Crippen LogP contribution < -0.4 is 10.6 Å². The van der Waals surface area contributed by atoms with Gasteiger partial charge in [-0.1, -0.05) is 24.3 Å². The Hall–Kier alpha value is -1.39. The molecule has 4 heteroatoms. The molecule has 0 bridgehead atoms. The predicted molar refractivity (Wildman–Crippen MR) is 67.5 cm³/mol. The molecule has 0 heterocycles. The van der Waals surface area contributed by atoms with E-state index >= 15 is 0 Å². The second-order valence-corrected chi connectivity index (χ2v) is 3.76. The number of methoxy groups -OCH3 is 1. The van der Waals surface area contributed by atoms with Crippen LogP contribution in [0.25, 0.3) is 0 Å². The van der Waals surface area contributed by atoms with Crippen molar-refractivity contribution in [2.24, 2.45) is 0 Å². The van der Waals surface area contributed by atoms with Gasteiger partial charge in [0.15, 0.2) is 0 Å². The fraction of sp³-hybridized carbons (Fsp3) is 0.462. The minimum Gasteiger partial charge on any atom is -0.380 e. The summed E-state index contributed by atoms with van der Waals surface area (Å²) >= 11 is 0. The van der Waals surface area contributed by atoms with Crippen LogP contribution in [0.5, 0.6) is 0 Å². The summed E-state index contributed by atoms with van der Waals surface area (Å²) in [5.41, 5.74) is 2.32. The van der Waals surface area contributed by atoms with Gasteiger partial charge in [-0.15, -0.1) is 0 Å². The fourth-order valence-corrected chi connectivity index (χ4v) is 1.60. The molecule has 1 rings (SSSR count). The lowest BCUT2D eigenvalue weighted by molar-refractivity contribution is -0.120. The highest BCUT2D eigenvalue weighted by atomic mass is 16.5. The van der Waals surface area contributed by atoms with Gasteiger partial charge in [0.1, 0.15) is 0 Å². The van der Waals surface area contributed by atoms with E-state index in [2.05, 4.69) is 10.6 Å². The van der Waals surface area contributed by atoms with Gasteiger partial charge in [0.25, 0.3) is 0 Å². The van der Waals surface area contributed by atoms with Crippen LogP contribution in [0.2, 0.25) is 0 Å². The Balaban J connectivity index is 2.43. The quantitative estimate of drug-likeness (QED) is 0.744. The van der Waals surface area contributed by atoms with Crippen molar-refractivity contribution in [2.45, 2.75) is 20.1 Å². The zero-order valence-corrected chi connectivity index (χ0v) is 10.5. The lowest BCUT2D eigenvalue weighted by Gasteiger charge is -2.09. The van der Waals surface area contributed by atoms with Gasteiger partial charge in [0.05, 0.1) is 13.2 Å². The van der Waals surface area contributed by atoms with E-state index in [9.17, 15) is 4.79 Å². The maximum atomic E-state index is 11.2. The van der Waals surface area contributed by atoms with Gasteiger partial charge < -0.3 is 15.4 Å². The Morgan fingerprint density at radius 3 is 2.65 bits per heavy atom. The summed E-state index contributed by atoms with van der Waals surface area (Å²) in [7, 11) is 1.68. The molecule has 0 atom stereocenters. The van der Waals surface area contributed by atoms with Gasteiger partial charge in [-0.2, -0.15) is 0 Å². The van der Waals surface area contributed by atoms with Crippen molar-refractivity contribution in [1.29, 1.82) is 0 Å². The van der Waals surface area contributed by atoms with Gasteiger partial charge in [0.2, 0.25) is 5.91 Å². The van der Waals surface area contributed by atoms with Crippen molar-refractivity contribution in [2.75, 3.05) is 20.2 Å². The summed E-state index contributed by atoms with van der Waals surface area (Å²) in [6, 6.07) is 8.05. The van der Waals surface area contributed by atoms with E-state index in [1.807, 2.05) is 31.2 Å². The van der Waals surface area contributed by atoms with Crippen molar-refractivity contribution in [3.05, 3.63) is 35.4 Å². The molecule has 0 spiro atoms. The predicted octanol–water partition coefficient (Wildman–Crippen LogP) is 1.06. The second-order valence-electron chi connectivity index (χ2n) is 3.76. The first-order valence-electron chi connectivity index (χ1n) is 5.81. The number of hydrogen-bond acceptors (Lipinski definition) is 3. The molecule has 0 aliphatic carbocycles. The molecule has 4 nitrogen and oxygen atoms in total. The third kappa shape index (κ3) is 4.97. The van der Waals surface area contributed by atoms with E-state index < -0.39 is 0 Å². The number of ether oxygens (including phenoxy) is 1. The normalized spacial score (nSPS) is 10.2. The third-order valence-electron chi connectivity index (χ3n) is 2.39. The molecular weight excluding hydrogens is 216 g/mol. The number of hydrogen-bond donors (Lipinski definition) is 2. The lowest BCUT2D eigenvalue weighted by atomic mass is 10.1. The minimum atomic E-state index is 0.0247. The van der Waals surface area contributed by atoms with Crippen LogP contribution in [-0.2, 0) is 22.7 Å². The topological polar surface area (TPSA) is 50.4 Å². The van der Waals surface area contributed by atoms with Crippen LogP contribution in [0.3, 0.4) is 0 Å². The number of likely N-dealkylation sites (N-methyl/N-ethyl adjacent to an activating group) is 1. The summed E-state index contributed by atoms with van der Waals surface area (Å²) in [5, 5.41) is 5.86. The summed E-state index contributed by atoms with van der Waals surface area (Å²) in [4.78, 5) is 11.2. The highest BCUT2D eigenvalue weighted by molar-refractivity contribution is 5.77. The molecule has 94 valence electrons. The molecule has 0 saturated carbocycles. The third-order valence-corrected chi connectivity index (χ3v) is 2.39. The molecule has 17 heavy (non-hydrogen) atoms. The van der Waals surface area contributed by atoms with Crippen LogP contribution >= 0.6 is 0 Å². The molecule has 0 aromatic heterocycles. The first kappa shape index (κ1) is 13.7. The summed E-state index contributed by atoms with van der Waals surface area (Å²) in [5.74, 6) is 0.0247. The van der Waals surface area contributed by atoms with Crippen LogP contribution in [0.15, 0.2) is 24.3 Å². The second kappa shape index (κ2) is 7.81. The molecule has 0 fully saturated rings. The van der Waals surface area contributed by atoms with E-state index in [0.29, 0.717) is 26.2 Å². The Labute approximate surface area is 102 Å². The molecular formula is C13H20N2O2. The molecule has 1 amide bonds. The average Bonchev–Trinajstić information content (AvgIpc) is 2.32. The van der Waals surface area contributed by atoms with Crippen molar-refractivity contribution in [1.82, 2.24) is 10.6 Å². The first-order chi connectivity index (χ1) is 8.27. The van der Waals surface area contributed by atoms with Crippen LogP contribution in [0.4, 0.5) is 0 Å². The zero-order chi connectivity index (χ0) is 12.5. The zero-order valence-electron chi connectivity index (χ0n) is 10.5. The van der Waals surface area contributed by atoms with Crippen molar-refractivity contribution in [3.63, 3.8) is 0 Å². The van der Waals surface area contributed by atoms with E-state index in [1.165, 1.54) is 5.56 Å². The molecule has 0 saturated heterocycles. The molecule has 1 aromatic rings. The van der Waals surface area contributed by atoms with E-state index in [4.69, 9.17) is 4.74 Å². The number of carbonyl (C=O) groups excluding carboxylic acids is 1. The van der Waals surface area contributed by atoms with E-state index in [-0.39, 0.29) is 5.91 Å². The minimum absolute atomic E-state index is 0.0247. The summed E-state index contributed by atoms with van der Waals surface area (Å²) in [6.07, 6.45) is 0. The maximum absolute atomic E-state index is 11.2. The highest BCUT2D eigenvalue weighted by Gasteiger charge is 2.02. The van der Waals surface area contributed by atoms with Gasteiger partial charge >= 0.3 is 0 Å². The molecule has 0 unspecified atom stereocenters. The van der Waals surface area contributed by atoms with Gasteiger partial charge in [-0.25, -0.2) is 0 Å². The van der Waals surface area contributed by atoms with E-state index in [0.717, 1.165) is 5.56 Å². The van der Waals surface area contributed by atoms with Crippen LogP contribution in [-0.4, -0.2) is 26.1 Å². The van der Waals surface area contributed by atoms with Crippen molar-refractivity contribution >= 4 is 5.91 Å². The SMILES string of the molecule is CCNC(=O)CNCc1ccccc1COC. The molecule has 2 N–H and O–H groups in total. The maximum Gasteiger partial charge on any atom is 0.233 e. The standard InChI is InChI=1S/C13H20N2O2/c1-3-15-13(16)9-14-8-11-6-4-5-7-12(11)10-17-2/h4-7,14H,3,8-10H2,1-2H3,(H,15,16). The molecule has 1 aromatic carbocycles. The molecule has 0 aliphatic heterocycles. The van der Waals surface area contributed by atoms with Gasteiger partial charge in [-0.05, 0) is 18.1 Å². The Kier molecular flexibility index (Phi) is 6.29.